The van der Waals surface area contributed by atoms with Gasteiger partial charge in [0.15, 0.2) is 0 Å². The van der Waals surface area contributed by atoms with E-state index in [1.807, 2.05) is 0 Å². The Hall–Kier alpha value is -0.0800. The van der Waals surface area contributed by atoms with Gasteiger partial charge in [0, 0.05) is 24.7 Å². The molecular weight excluding hydrogens is 220 g/mol. The molecule has 0 amide bonds. The molecule has 2 heteroatoms. The lowest BCUT2D eigenvalue weighted by Crippen LogP contribution is -2.63. The number of nitrogens with zero attached hydrogens (tertiary/aromatic N) is 1. The fourth-order valence-electron chi connectivity index (χ4n) is 4.01. The molecule has 1 heterocycles. The van der Waals surface area contributed by atoms with E-state index in [2.05, 4.69) is 24.1 Å². The Kier molecular flexibility index (Phi) is 3.68. The zero-order chi connectivity index (χ0) is 12.6. The molecule has 1 atom stereocenters. The van der Waals surface area contributed by atoms with Crippen LogP contribution in [-0.4, -0.2) is 36.1 Å². The first-order chi connectivity index (χ1) is 8.69. The van der Waals surface area contributed by atoms with E-state index in [1.165, 1.54) is 64.6 Å². The summed E-state index contributed by atoms with van der Waals surface area (Å²) in [6, 6.07) is 0.856. The summed E-state index contributed by atoms with van der Waals surface area (Å²) in [5, 5.41) is 3.94. The van der Waals surface area contributed by atoms with Gasteiger partial charge in [-0.3, -0.25) is 4.90 Å². The number of hydrogen-bond donors (Lipinski definition) is 1. The van der Waals surface area contributed by atoms with Crippen LogP contribution in [0.5, 0.6) is 0 Å². The summed E-state index contributed by atoms with van der Waals surface area (Å²) in [6.07, 6.45) is 10.1. The predicted octanol–water partition coefficient (Wildman–Crippen LogP) is 3.03. The van der Waals surface area contributed by atoms with Gasteiger partial charge in [0.05, 0.1) is 0 Å². The highest BCUT2D eigenvalue weighted by Gasteiger charge is 2.45. The Labute approximate surface area is 113 Å². The third kappa shape index (κ3) is 2.75. The fraction of sp³-hybridized carbons (Fsp3) is 1.00. The van der Waals surface area contributed by atoms with Gasteiger partial charge in [-0.25, -0.2) is 0 Å². The van der Waals surface area contributed by atoms with Gasteiger partial charge in [-0.15, -0.1) is 0 Å². The van der Waals surface area contributed by atoms with Crippen LogP contribution in [0.2, 0.25) is 0 Å². The second-order valence-corrected chi connectivity index (χ2v) is 7.43. The van der Waals surface area contributed by atoms with Crippen LogP contribution in [0.4, 0.5) is 0 Å². The minimum atomic E-state index is 0.502. The maximum Gasteiger partial charge on any atom is 0.0309 e. The first-order valence-corrected chi connectivity index (χ1v) is 8.18. The molecule has 2 nitrogen and oxygen atoms in total. The Morgan fingerprint density at radius 3 is 2.56 bits per heavy atom. The minimum Gasteiger partial charge on any atom is -0.308 e. The van der Waals surface area contributed by atoms with Crippen LogP contribution >= 0.6 is 0 Å². The van der Waals surface area contributed by atoms with E-state index in [-0.39, 0.29) is 0 Å². The molecule has 0 aromatic rings. The van der Waals surface area contributed by atoms with E-state index in [9.17, 15) is 0 Å². The maximum absolute atomic E-state index is 3.94. The third-order valence-corrected chi connectivity index (χ3v) is 5.38. The average molecular weight is 250 g/mol. The van der Waals surface area contributed by atoms with E-state index in [4.69, 9.17) is 0 Å². The van der Waals surface area contributed by atoms with Gasteiger partial charge < -0.3 is 5.32 Å². The molecule has 104 valence electrons. The Bertz CT molecular complexity index is 277. The molecule has 0 aromatic heterocycles. The van der Waals surface area contributed by atoms with Crippen LogP contribution in [0, 0.1) is 11.8 Å². The van der Waals surface area contributed by atoms with Gasteiger partial charge in [-0.1, -0.05) is 26.7 Å². The summed E-state index contributed by atoms with van der Waals surface area (Å²) in [6.45, 7) is 8.66. The lowest BCUT2D eigenvalue weighted by atomic mass is 9.90. The molecule has 3 rings (SSSR count). The van der Waals surface area contributed by atoms with E-state index in [0.29, 0.717) is 5.54 Å². The van der Waals surface area contributed by atoms with Gasteiger partial charge in [0.1, 0.15) is 0 Å². The first-order valence-electron chi connectivity index (χ1n) is 8.18. The molecule has 0 radical (unpaired) electrons. The van der Waals surface area contributed by atoms with Crippen molar-refractivity contribution in [3.8, 4) is 0 Å². The molecule has 3 fully saturated rings. The first kappa shape index (κ1) is 12.9. The highest BCUT2D eigenvalue weighted by atomic mass is 15.3. The predicted molar refractivity (Wildman–Crippen MR) is 76.7 cm³/mol. The molecule has 1 aliphatic heterocycles. The highest BCUT2D eigenvalue weighted by Crippen LogP contribution is 2.40. The van der Waals surface area contributed by atoms with Gasteiger partial charge >= 0.3 is 0 Å². The zero-order valence-electron chi connectivity index (χ0n) is 12.3. The van der Waals surface area contributed by atoms with Gasteiger partial charge in [0.2, 0.25) is 0 Å². The summed E-state index contributed by atoms with van der Waals surface area (Å²) >= 11 is 0. The van der Waals surface area contributed by atoms with Crippen molar-refractivity contribution in [3.63, 3.8) is 0 Å². The SMILES string of the molecule is CC(C)CCN1CC2(CCCC2)NCC1C1CC1. The van der Waals surface area contributed by atoms with Crippen molar-refractivity contribution in [2.24, 2.45) is 11.8 Å². The van der Waals surface area contributed by atoms with Crippen LogP contribution in [0.15, 0.2) is 0 Å². The standard InChI is InChI=1S/C16H30N2/c1-13(2)7-10-18-12-16(8-3-4-9-16)17-11-15(18)14-5-6-14/h13-15,17H,3-12H2,1-2H3. The zero-order valence-corrected chi connectivity index (χ0v) is 12.3. The molecule has 1 N–H and O–H groups in total. The number of rotatable bonds is 4. The van der Waals surface area contributed by atoms with E-state index < -0.39 is 0 Å². The van der Waals surface area contributed by atoms with Crippen LogP contribution in [0.25, 0.3) is 0 Å². The molecule has 1 spiro atoms. The second-order valence-electron chi connectivity index (χ2n) is 7.43. The van der Waals surface area contributed by atoms with E-state index >= 15 is 0 Å². The molecule has 18 heavy (non-hydrogen) atoms. The van der Waals surface area contributed by atoms with Gasteiger partial charge in [-0.05, 0) is 50.5 Å². The molecule has 0 bridgehead atoms. The van der Waals surface area contributed by atoms with Crippen molar-refractivity contribution in [1.82, 2.24) is 10.2 Å². The van der Waals surface area contributed by atoms with Crippen molar-refractivity contribution in [2.45, 2.75) is 70.4 Å². The summed E-state index contributed by atoms with van der Waals surface area (Å²) in [5.74, 6) is 1.86. The van der Waals surface area contributed by atoms with Crippen LogP contribution in [0.1, 0.15) is 58.8 Å². The Balaban J connectivity index is 1.63. The van der Waals surface area contributed by atoms with Gasteiger partial charge in [0.25, 0.3) is 0 Å². The van der Waals surface area contributed by atoms with Crippen molar-refractivity contribution < 1.29 is 0 Å². The average Bonchev–Trinajstić information content (AvgIpc) is 3.09. The molecule has 3 aliphatic rings. The summed E-state index contributed by atoms with van der Waals surface area (Å²) in [4.78, 5) is 2.86. The van der Waals surface area contributed by atoms with Crippen molar-refractivity contribution in [2.75, 3.05) is 19.6 Å². The summed E-state index contributed by atoms with van der Waals surface area (Å²) in [7, 11) is 0. The monoisotopic (exact) mass is 250 g/mol. The largest absolute Gasteiger partial charge is 0.308 e. The maximum atomic E-state index is 3.94. The van der Waals surface area contributed by atoms with Crippen molar-refractivity contribution in [1.29, 1.82) is 0 Å². The molecular formula is C16H30N2. The van der Waals surface area contributed by atoms with Crippen molar-refractivity contribution >= 4 is 0 Å². The molecule has 2 saturated carbocycles. The van der Waals surface area contributed by atoms with E-state index in [0.717, 1.165) is 17.9 Å². The van der Waals surface area contributed by atoms with Gasteiger partial charge in [-0.2, -0.15) is 0 Å². The lowest BCUT2D eigenvalue weighted by molar-refractivity contribution is 0.0653. The number of nitrogens with one attached hydrogen (secondary N) is 1. The Morgan fingerprint density at radius 2 is 1.94 bits per heavy atom. The number of piperazine rings is 1. The normalized spacial score (nSPS) is 32.5. The van der Waals surface area contributed by atoms with Crippen LogP contribution < -0.4 is 5.32 Å². The topological polar surface area (TPSA) is 15.3 Å². The Morgan fingerprint density at radius 1 is 1.22 bits per heavy atom. The van der Waals surface area contributed by atoms with Crippen molar-refractivity contribution in [3.05, 3.63) is 0 Å². The van der Waals surface area contributed by atoms with Crippen LogP contribution in [0.3, 0.4) is 0 Å². The number of hydrogen-bond acceptors (Lipinski definition) is 2. The quantitative estimate of drug-likeness (QED) is 0.825. The molecule has 2 aliphatic carbocycles. The molecule has 1 unspecified atom stereocenters. The highest BCUT2D eigenvalue weighted by molar-refractivity contribution is 5.04. The summed E-state index contributed by atoms with van der Waals surface area (Å²) in [5.41, 5.74) is 0.502. The third-order valence-electron chi connectivity index (χ3n) is 5.38. The smallest absolute Gasteiger partial charge is 0.0309 e. The lowest BCUT2D eigenvalue weighted by Gasteiger charge is -2.47. The molecule has 0 aromatic carbocycles. The second kappa shape index (κ2) is 5.13. The fourth-order valence-corrected chi connectivity index (χ4v) is 4.01. The molecule has 1 saturated heterocycles. The minimum absolute atomic E-state index is 0.502. The summed E-state index contributed by atoms with van der Waals surface area (Å²) < 4.78 is 0. The van der Waals surface area contributed by atoms with Crippen LogP contribution in [-0.2, 0) is 0 Å². The van der Waals surface area contributed by atoms with E-state index in [1.54, 1.807) is 0 Å².